The topological polar surface area (TPSA) is 175 Å². The number of hydrogen-bond acceptors (Lipinski definition) is 11. The molecule has 46 heavy (non-hydrogen) atoms. The minimum Gasteiger partial charge on any atom is -0.444 e. The molecule has 0 aliphatic carbocycles. The van der Waals surface area contributed by atoms with Crippen LogP contribution in [0.15, 0.2) is 18.2 Å². The molecular formula is C30H42FN3O11S. The molecule has 2 fully saturated rings. The normalized spacial score (nSPS) is 18.8. The summed E-state index contributed by atoms with van der Waals surface area (Å²) in [6.07, 6.45) is -2.96. The van der Waals surface area contributed by atoms with Crippen LogP contribution in [0.2, 0.25) is 0 Å². The molecule has 0 spiro atoms. The molecule has 1 aromatic carbocycles. The zero-order valence-corrected chi connectivity index (χ0v) is 27.7. The number of alkyl carbamates (subject to hydrolysis) is 1. The number of hydrogen-bond donors (Lipinski definition) is 1. The van der Waals surface area contributed by atoms with Crippen LogP contribution in [0.25, 0.3) is 0 Å². The molecule has 2 atom stereocenters. The molecule has 1 aromatic rings. The van der Waals surface area contributed by atoms with Crippen molar-refractivity contribution in [2.75, 3.05) is 36.3 Å². The van der Waals surface area contributed by atoms with Gasteiger partial charge in [-0.1, -0.05) is 19.9 Å². The van der Waals surface area contributed by atoms with E-state index in [1.54, 1.807) is 20.8 Å². The van der Waals surface area contributed by atoms with Crippen LogP contribution in [-0.4, -0.2) is 92.6 Å². The van der Waals surface area contributed by atoms with Crippen molar-refractivity contribution in [1.82, 2.24) is 10.2 Å². The third-order valence-corrected chi connectivity index (χ3v) is 8.93. The highest BCUT2D eigenvalue weighted by molar-refractivity contribution is 7.91. The first-order valence-corrected chi connectivity index (χ1v) is 16.8. The Hall–Kier alpha value is -3.95. The van der Waals surface area contributed by atoms with Gasteiger partial charge >= 0.3 is 24.2 Å². The summed E-state index contributed by atoms with van der Waals surface area (Å²) in [6, 6.07) is 3.13. The summed E-state index contributed by atoms with van der Waals surface area (Å²) >= 11 is 0. The summed E-state index contributed by atoms with van der Waals surface area (Å²) in [4.78, 5) is 64.2. The molecule has 2 aliphatic heterocycles. The molecule has 0 unspecified atom stereocenters. The maximum atomic E-state index is 15.0. The van der Waals surface area contributed by atoms with Crippen molar-refractivity contribution in [3.8, 4) is 0 Å². The second kappa shape index (κ2) is 15.1. The van der Waals surface area contributed by atoms with Gasteiger partial charge in [0.15, 0.2) is 0 Å². The van der Waals surface area contributed by atoms with Gasteiger partial charge in [0.05, 0.1) is 30.3 Å². The summed E-state index contributed by atoms with van der Waals surface area (Å²) in [7, 11) is -3.11. The van der Waals surface area contributed by atoms with E-state index in [2.05, 4.69) is 5.32 Å². The number of carbonyl (C=O) groups excluding carboxylic acids is 5. The van der Waals surface area contributed by atoms with Crippen LogP contribution in [0.3, 0.4) is 0 Å². The number of imide groups is 1. The third kappa shape index (κ3) is 10.6. The molecule has 16 heteroatoms. The maximum Gasteiger partial charge on any atom is 0.419 e. The van der Waals surface area contributed by atoms with Gasteiger partial charge in [-0.25, -0.2) is 36.9 Å². The van der Waals surface area contributed by atoms with Crippen molar-refractivity contribution in [3.63, 3.8) is 0 Å². The van der Waals surface area contributed by atoms with Crippen molar-refractivity contribution in [3.05, 3.63) is 29.6 Å². The Kier molecular flexibility index (Phi) is 12.0. The van der Waals surface area contributed by atoms with Gasteiger partial charge < -0.3 is 24.3 Å². The zero-order chi connectivity index (χ0) is 34.4. The van der Waals surface area contributed by atoms with Gasteiger partial charge in [-0.2, -0.15) is 0 Å². The Morgan fingerprint density at radius 3 is 2.35 bits per heavy atom. The van der Waals surface area contributed by atoms with Crippen LogP contribution in [-0.2, 0) is 38.4 Å². The van der Waals surface area contributed by atoms with E-state index in [4.69, 9.17) is 18.9 Å². The van der Waals surface area contributed by atoms with Gasteiger partial charge in [0.25, 0.3) is 0 Å². The van der Waals surface area contributed by atoms with E-state index in [1.807, 2.05) is 13.8 Å². The van der Waals surface area contributed by atoms with Crippen LogP contribution < -0.4 is 10.2 Å². The third-order valence-electron chi connectivity index (χ3n) is 7.22. The Labute approximate surface area is 267 Å². The number of nitrogens with zero attached hydrogens (tertiary/aromatic N) is 2. The van der Waals surface area contributed by atoms with Crippen molar-refractivity contribution in [2.24, 2.45) is 5.92 Å². The largest absolute Gasteiger partial charge is 0.444 e. The molecule has 0 radical (unpaired) electrons. The van der Waals surface area contributed by atoms with E-state index < -0.39 is 76.9 Å². The quantitative estimate of drug-likeness (QED) is 0.217. The number of amides is 4. The standard InChI is InChI=1S/C30H42FN3O11S/c1-18(2)13-25(32-27(37)45-30(4,5)6)26(36)42-17-43-28(38)33(19(3)35)15-22-16-34(29(39)44-22)21-7-8-23(24(31)14-21)20-9-11-46(40,41)12-10-20/h7-8,14,18,20,22,25H,9-13,15-17H2,1-6H3,(H,32,37)/t22-,25-/m0/s1. The van der Waals surface area contributed by atoms with Crippen LogP contribution >= 0.6 is 0 Å². The minimum absolute atomic E-state index is 0.00983. The molecular weight excluding hydrogens is 629 g/mol. The number of benzene rings is 1. The molecule has 3 rings (SSSR count). The molecule has 2 saturated heterocycles. The lowest BCUT2D eigenvalue weighted by Gasteiger charge is -2.24. The smallest absolute Gasteiger partial charge is 0.419 e. The van der Waals surface area contributed by atoms with Gasteiger partial charge in [-0.05, 0) is 69.6 Å². The van der Waals surface area contributed by atoms with Gasteiger partial charge in [0.2, 0.25) is 12.7 Å². The fourth-order valence-corrected chi connectivity index (χ4v) is 6.52. The summed E-state index contributed by atoms with van der Waals surface area (Å²) in [6.45, 7) is 8.39. The maximum absolute atomic E-state index is 15.0. The highest BCUT2D eigenvalue weighted by Gasteiger charge is 2.37. The highest BCUT2D eigenvalue weighted by atomic mass is 32.2. The minimum atomic E-state index is -3.11. The van der Waals surface area contributed by atoms with Gasteiger partial charge in [-0.15, -0.1) is 0 Å². The first-order valence-electron chi connectivity index (χ1n) is 14.9. The second-order valence-corrected chi connectivity index (χ2v) is 15.0. The first kappa shape index (κ1) is 36.5. The van der Waals surface area contributed by atoms with Gasteiger partial charge in [-0.3, -0.25) is 9.69 Å². The second-order valence-electron chi connectivity index (χ2n) is 12.7. The van der Waals surface area contributed by atoms with Crippen molar-refractivity contribution in [1.29, 1.82) is 0 Å². The number of rotatable bonds is 10. The predicted molar refractivity (Wildman–Crippen MR) is 162 cm³/mol. The number of sulfone groups is 1. The van der Waals surface area contributed by atoms with E-state index in [1.165, 1.54) is 12.1 Å². The Morgan fingerprint density at radius 1 is 1.13 bits per heavy atom. The Balaban J connectivity index is 1.56. The molecule has 1 N–H and O–H groups in total. The van der Waals surface area contributed by atoms with E-state index >= 15 is 4.39 Å². The molecule has 0 bridgehead atoms. The summed E-state index contributed by atoms with van der Waals surface area (Å²) in [5, 5.41) is 2.44. The fourth-order valence-electron chi connectivity index (χ4n) is 5.03. The lowest BCUT2D eigenvalue weighted by Crippen LogP contribution is -2.45. The SMILES string of the molecule is CC(=O)N(C[C@H]1CN(c2ccc(C3CCS(=O)(=O)CC3)c(F)c2)C(=O)O1)C(=O)OCOC(=O)[C@H](CC(C)C)NC(=O)OC(C)(C)C. The average Bonchev–Trinajstić information content (AvgIpc) is 3.30. The molecule has 2 aliphatic rings. The Morgan fingerprint density at radius 2 is 1.78 bits per heavy atom. The van der Waals surface area contributed by atoms with Gasteiger partial charge in [0.1, 0.15) is 33.4 Å². The zero-order valence-electron chi connectivity index (χ0n) is 26.9. The van der Waals surface area contributed by atoms with Crippen LogP contribution in [0, 0.1) is 11.7 Å². The lowest BCUT2D eigenvalue weighted by atomic mass is 9.93. The average molecular weight is 672 g/mol. The molecule has 4 amide bonds. The van der Waals surface area contributed by atoms with Gasteiger partial charge in [0, 0.05) is 6.92 Å². The van der Waals surface area contributed by atoms with Crippen molar-refractivity contribution in [2.45, 2.75) is 84.5 Å². The molecule has 0 aromatic heterocycles. The molecule has 14 nitrogen and oxygen atoms in total. The number of nitrogens with one attached hydrogen (secondary N) is 1. The van der Waals surface area contributed by atoms with Crippen LogP contribution in [0.1, 0.15) is 72.3 Å². The lowest BCUT2D eigenvalue weighted by molar-refractivity contribution is -0.155. The summed E-state index contributed by atoms with van der Waals surface area (Å²) in [5.74, 6) is -2.50. The summed E-state index contributed by atoms with van der Waals surface area (Å²) in [5.41, 5.74) is -0.237. The monoisotopic (exact) mass is 671 g/mol. The highest BCUT2D eigenvalue weighted by Crippen LogP contribution is 2.33. The van der Waals surface area contributed by atoms with Crippen LogP contribution in [0.4, 0.5) is 24.5 Å². The molecule has 256 valence electrons. The number of carbonyl (C=O) groups is 5. The predicted octanol–water partition coefficient (Wildman–Crippen LogP) is 3.87. The first-order chi connectivity index (χ1) is 21.3. The number of anilines is 1. The molecule has 2 heterocycles. The number of halogens is 1. The number of cyclic esters (lactones) is 1. The molecule has 0 saturated carbocycles. The number of esters is 1. The fraction of sp³-hybridized carbons (Fsp3) is 0.633. The van der Waals surface area contributed by atoms with E-state index in [9.17, 15) is 32.4 Å². The van der Waals surface area contributed by atoms with Crippen molar-refractivity contribution >= 4 is 45.7 Å². The summed E-state index contributed by atoms with van der Waals surface area (Å²) < 4.78 is 59.0. The van der Waals surface area contributed by atoms with Crippen molar-refractivity contribution < 1.29 is 55.7 Å². The number of ether oxygens (including phenoxy) is 4. The van der Waals surface area contributed by atoms with E-state index in [0.29, 0.717) is 23.3 Å². The Bertz CT molecular complexity index is 1410. The van der Waals surface area contributed by atoms with E-state index in [-0.39, 0.29) is 42.0 Å². The van der Waals surface area contributed by atoms with E-state index in [0.717, 1.165) is 17.9 Å². The van der Waals surface area contributed by atoms with Crippen LogP contribution in [0.5, 0.6) is 0 Å².